The van der Waals surface area contributed by atoms with Crippen LogP contribution in [0.3, 0.4) is 0 Å². The summed E-state index contributed by atoms with van der Waals surface area (Å²) < 4.78 is 0.725. The minimum absolute atomic E-state index is 0.117. The number of nitrogens with zero attached hydrogens (tertiary/aromatic N) is 3. The number of thioether (sulfide) groups is 1. The fraction of sp³-hybridized carbons (Fsp3) is 0.238. The lowest BCUT2D eigenvalue weighted by Crippen LogP contribution is -2.23. The second-order valence-electron chi connectivity index (χ2n) is 6.90. The number of aryl methyl sites for hydroxylation is 1. The van der Waals surface area contributed by atoms with Crippen LogP contribution in [-0.2, 0) is 9.59 Å². The number of aromatic nitrogens is 2. The highest BCUT2D eigenvalue weighted by Gasteiger charge is 2.21. The van der Waals surface area contributed by atoms with E-state index in [2.05, 4.69) is 20.8 Å². The molecular weight excluding hydrogens is 418 g/mol. The van der Waals surface area contributed by atoms with E-state index in [0.29, 0.717) is 17.2 Å². The zero-order chi connectivity index (χ0) is 20.9. The molecule has 2 amide bonds. The van der Waals surface area contributed by atoms with Gasteiger partial charge in [-0.25, -0.2) is 0 Å². The minimum atomic E-state index is -0.117. The van der Waals surface area contributed by atoms with Gasteiger partial charge in [0, 0.05) is 30.0 Å². The van der Waals surface area contributed by atoms with Crippen LogP contribution >= 0.6 is 23.1 Å². The molecule has 0 radical (unpaired) electrons. The number of carbonyl (C=O) groups is 2. The molecule has 3 aromatic rings. The monoisotopic (exact) mass is 439 g/mol. The summed E-state index contributed by atoms with van der Waals surface area (Å²) in [6, 6.07) is 15.4. The quantitative estimate of drug-likeness (QED) is 0.529. The number of carbonyl (C=O) groups excluding carboxylic acids is 2. The lowest BCUT2D eigenvalue weighted by molar-refractivity contribution is -0.117. The predicted molar refractivity (Wildman–Crippen MR) is 122 cm³/mol. The van der Waals surface area contributed by atoms with Crippen molar-refractivity contribution in [1.82, 2.24) is 10.2 Å². The Kier molecular flexibility index (Phi) is 6.29. The van der Waals surface area contributed by atoms with E-state index in [1.165, 1.54) is 28.7 Å². The number of rotatable bonds is 7. The van der Waals surface area contributed by atoms with E-state index in [9.17, 15) is 9.59 Å². The van der Waals surface area contributed by atoms with Gasteiger partial charge in [0.1, 0.15) is 0 Å². The fourth-order valence-electron chi connectivity index (χ4n) is 3.05. The first-order valence-corrected chi connectivity index (χ1v) is 11.4. The van der Waals surface area contributed by atoms with Gasteiger partial charge < -0.3 is 15.5 Å². The summed E-state index contributed by atoms with van der Waals surface area (Å²) in [6.45, 7) is 2.79. The van der Waals surface area contributed by atoms with Gasteiger partial charge in [-0.2, -0.15) is 0 Å². The largest absolute Gasteiger partial charge is 0.330 e. The van der Waals surface area contributed by atoms with Crippen LogP contribution in [0.15, 0.2) is 52.9 Å². The standard InChI is InChI=1S/C21H21N5O2S2/c1-14-4-6-16(7-5-14)23-20-24-25-21(30-20)29-13-18(27)22-15-8-10-17(11-9-15)26-12-2-3-19(26)28/h4-11H,2-3,12-13H2,1H3,(H,22,27)(H,23,24). The lowest BCUT2D eigenvalue weighted by atomic mass is 10.2. The Labute approximate surface area is 182 Å². The van der Waals surface area contributed by atoms with Gasteiger partial charge in [-0.15, -0.1) is 10.2 Å². The molecule has 2 N–H and O–H groups in total. The molecule has 0 aliphatic carbocycles. The second-order valence-corrected chi connectivity index (χ2v) is 9.10. The van der Waals surface area contributed by atoms with Crippen LogP contribution in [0.1, 0.15) is 18.4 Å². The van der Waals surface area contributed by atoms with Crippen molar-refractivity contribution in [3.8, 4) is 0 Å². The summed E-state index contributed by atoms with van der Waals surface area (Å²) in [5, 5.41) is 15.0. The van der Waals surface area contributed by atoms with E-state index < -0.39 is 0 Å². The van der Waals surface area contributed by atoms with E-state index in [-0.39, 0.29) is 17.6 Å². The van der Waals surface area contributed by atoms with E-state index in [1.807, 2.05) is 55.5 Å². The Hall–Kier alpha value is -2.91. The molecule has 1 aliphatic rings. The highest BCUT2D eigenvalue weighted by molar-refractivity contribution is 8.01. The third-order valence-electron chi connectivity index (χ3n) is 4.57. The molecule has 0 spiro atoms. The second kappa shape index (κ2) is 9.27. The molecule has 0 saturated carbocycles. The molecule has 9 heteroatoms. The van der Waals surface area contributed by atoms with Crippen molar-refractivity contribution >= 4 is 57.1 Å². The topological polar surface area (TPSA) is 87.2 Å². The van der Waals surface area contributed by atoms with Crippen molar-refractivity contribution in [3.05, 3.63) is 54.1 Å². The summed E-state index contributed by atoms with van der Waals surface area (Å²) in [5.41, 5.74) is 3.71. The number of anilines is 4. The van der Waals surface area contributed by atoms with Crippen LogP contribution < -0.4 is 15.5 Å². The Morgan fingerprint density at radius 2 is 1.83 bits per heavy atom. The van der Waals surface area contributed by atoms with Crippen LogP contribution in [0.25, 0.3) is 0 Å². The predicted octanol–water partition coefficient (Wildman–Crippen LogP) is 4.45. The molecule has 1 aromatic heterocycles. The number of hydrogen-bond donors (Lipinski definition) is 2. The molecule has 2 heterocycles. The number of amides is 2. The summed E-state index contributed by atoms with van der Waals surface area (Å²) in [5.74, 6) is 0.274. The molecule has 1 fully saturated rings. The summed E-state index contributed by atoms with van der Waals surface area (Å²) in [7, 11) is 0. The average molecular weight is 440 g/mol. The Morgan fingerprint density at radius 1 is 1.10 bits per heavy atom. The normalized spacial score (nSPS) is 13.5. The molecule has 2 aromatic carbocycles. The van der Waals surface area contributed by atoms with Gasteiger partial charge in [0.25, 0.3) is 0 Å². The van der Waals surface area contributed by atoms with Crippen molar-refractivity contribution in [1.29, 1.82) is 0 Å². The first-order valence-electron chi connectivity index (χ1n) is 9.57. The molecule has 1 saturated heterocycles. The maximum absolute atomic E-state index is 12.3. The van der Waals surface area contributed by atoms with Crippen LogP contribution in [0.4, 0.5) is 22.2 Å². The van der Waals surface area contributed by atoms with Crippen molar-refractivity contribution in [3.63, 3.8) is 0 Å². The van der Waals surface area contributed by atoms with Crippen LogP contribution in [0.2, 0.25) is 0 Å². The summed E-state index contributed by atoms with van der Waals surface area (Å²) in [6.07, 6.45) is 1.49. The number of benzene rings is 2. The van der Waals surface area contributed by atoms with Gasteiger partial charge in [-0.1, -0.05) is 40.8 Å². The van der Waals surface area contributed by atoms with Gasteiger partial charge in [0.15, 0.2) is 4.34 Å². The zero-order valence-electron chi connectivity index (χ0n) is 16.4. The molecule has 0 unspecified atom stereocenters. The zero-order valence-corrected chi connectivity index (χ0v) is 18.1. The molecule has 4 rings (SSSR count). The SMILES string of the molecule is Cc1ccc(Nc2nnc(SCC(=O)Nc3ccc(N4CCCC4=O)cc3)s2)cc1. The summed E-state index contributed by atoms with van der Waals surface area (Å²) >= 11 is 2.75. The van der Waals surface area contributed by atoms with Crippen molar-refractivity contribution in [2.24, 2.45) is 0 Å². The van der Waals surface area contributed by atoms with Gasteiger partial charge in [-0.05, 0) is 49.7 Å². The number of hydrogen-bond acceptors (Lipinski definition) is 7. The molecule has 0 bridgehead atoms. The van der Waals surface area contributed by atoms with Crippen LogP contribution in [0.5, 0.6) is 0 Å². The molecule has 7 nitrogen and oxygen atoms in total. The molecule has 154 valence electrons. The first kappa shape index (κ1) is 20.4. The van der Waals surface area contributed by atoms with Crippen LogP contribution in [0, 0.1) is 6.92 Å². The highest BCUT2D eigenvalue weighted by Crippen LogP contribution is 2.28. The van der Waals surface area contributed by atoms with Crippen molar-refractivity contribution in [2.45, 2.75) is 24.1 Å². The smallest absolute Gasteiger partial charge is 0.234 e. The van der Waals surface area contributed by atoms with Gasteiger partial charge in [0.2, 0.25) is 16.9 Å². The van der Waals surface area contributed by atoms with Gasteiger partial charge in [-0.3, -0.25) is 9.59 Å². The fourth-order valence-corrected chi connectivity index (χ4v) is 4.62. The third kappa shape index (κ3) is 5.17. The Bertz CT molecular complexity index is 1030. The molecule has 1 aliphatic heterocycles. The van der Waals surface area contributed by atoms with Crippen LogP contribution in [-0.4, -0.2) is 34.3 Å². The maximum Gasteiger partial charge on any atom is 0.234 e. The first-order chi connectivity index (χ1) is 14.6. The molecular formula is C21H21N5O2S2. The van der Waals surface area contributed by atoms with E-state index in [1.54, 1.807) is 4.90 Å². The maximum atomic E-state index is 12.3. The lowest BCUT2D eigenvalue weighted by Gasteiger charge is -2.16. The van der Waals surface area contributed by atoms with E-state index in [0.717, 1.165) is 28.7 Å². The third-order valence-corrected chi connectivity index (χ3v) is 6.54. The van der Waals surface area contributed by atoms with E-state index >= 15 is 0 Å². The Balaban J connectivity index is 1.26. The van der Waals surface area contributed by atoms with E-state index in [4.69, 9.17) is 0 Å². The average Bonchev–Trinajstić information content (AvgIpc) is 3.38. The van der Waals surface area contributed by atoms with Crippen molar-refractivity contribution in [2.75, 3.05) is 27.8 Å². The number of nitrogens with one attached hydrogen (secondary N) is 2. The van der Waals surface area contributed by atoms with Gasteiger partial charge in [0.05, 0.1) is 5.75 Å². The minimum Gasteiger partial charge on any atom is -0.330 e. The highest BCUT2D eigenvalue weighted by atomic mass is 32.2. The van der Waals surface area contributed by atoms with Gasteiger partial charge >= 0.3 is 0 Å². The summed E-state index contributed by atoms with van der Waals surface area (Å²) in [4.78, 5) is 25.8. The molecule has 0 atom stereocenters. The molecule has 30 heavy (non-hydrogen) atoms. The Morgan fingerprint density at radius 3 is 2.53 bits per heavy atom. The van der Waals surface area contributed by atoms with Crippen molar-refractivity contribution < 1.29 is 9.59 Å².